The highest BCUT2D eigenvalue weighted by Crippen LogP contribution is 2.29. The normalized spacial score (nSPS) is 19.9. The van der Waals surface area contributed by atoms with Gasteiger partial charge in [-0.05, 0) is 37.8 Å². The number of piperidine rings is 1. The maximum Gasteiger partial charge on any atom is 0.164 e. The van der Waals surface area contributed by atoms with Crippen LogP contribution >= 0.6 is 0 Å². The lowest BCUT2D eigenvalue weighted by atomic mass is 9.94. The topological polar surface area (TPSA) is 20.3 Å². The van der Waals surface area contributed by atoms with E-state index in [2.05, 4.69) is 11.8 Å². The molecule has 0 saturated carbocycles. The van der Waals surface area contributed by atoms with Crippen molar-refractivity contribution in [2.24, 2.45) is 5.92 Å². The predicted molar refractivity (Wildman–Crippen MR) is 71.6 cm³/mol. The first-order chi connectivity index (χ1) is 8.63. The van der Waals surface area contributed by atoms with Crippen LogP contribution in [0.2, 0.25) is 0 Å². The third kappa shape index (κ3) is 2.55. The van der Waals surface area contributed by atoms with Crippen molar-refractivity contribution in [1.29, 1.82) is 0 Å². The molecule has 0 spiro atoms. The Morgan fingerprint density at radius 1 is 1.50 bits per heavy atom. The Morgan fingerprint density at radius 3 is 2.94 bits per heavy atom. The first-order valence-electron chi connectivity index (χ1n) is 6.68. The molecule has 2 rings (SSSR count). The Morgan fingerprint density at radius 2 is 2.28 bits per heavy atom. The number of anilines is 1. The molecule has 1 aromatic carbocycles. The van der Waals surface area contributed by atoms with Crippen LogP contribution < -0.4 is 4.90 Å². The number of nitrogens with zero attached hydrogens (tertiary/aromatic N) is 1. The number of rotatable bonds is 3. The van der Waals surface area contributed by atoms with Crippen LogP contribution in [-0.2, 0) is 0 Å². The van der Waals surface area contributed by atoms with E-state index < -0.39 is 5.82 Å². The zero-order valence-corrected chi connectivity index (χ0v) is 11.1. The summed E-state index contributed by atoms with van der Waals surface area (Å²) in [6, 6.07) is 4.91. The fraction of sp³-hybridized carbons (Fsp3) is 0.533. The van der Waals surface area contributed by atoms with E-state index in [0.29, 0.717) is 5.92 Å². The summed E-state index contributed by atoms with van der Waals surface area (Å²) in [7, 11) is 0. The van der Waals surface area contributed by atoms with Crippen molar-refractivity contribution in [3.63, 3.8) is 0 Å². The summed E-state index contributed by atoms with van der Waals surface area (Å²) in [4.78, 5) is 13.8. The van der Waals surface area contributed by atoms with Gasteiger partial charge in [-0.1, -0.05) is 19.4 Å². The zero-order chi connectivity index (χ0) is 13.1. The van der Waals surface area contributed by atoms with Crippen LogP contribution in [0.25, 0.3) is 0 Å². The van der Waals surface area contributed by atoms with Gasteiger partial charge in [-0.25, -0.2) is 4.39 Å². The zero-order valence-electron chi connectivity index (χ0n) is 11.1. The van der Waals surface area contributed by atoms with E-state index in [1.54, 1.807) is 6.07 Å². The molecular weight excluding hydrogens is 229 g/mol. The van der Waals surface area contributed by atoms with Crippen molar-refractivity contribution in [1.82, 2.24) is 0 Å². The quantitative estimate of drug-likeness (QED) is 0.762. The lowest BCUT2D eigenvalue weighted by Gasteiger charge is -2.35. The van der Waals surface area contributed by atoms with E-state index in [4.69, 9.17) is 0 Å². The second kappa shape index (κ2) is 5.51. The summed E-state index contributed by atoms with van der Waals surface area (Å²) >= 11 is 0. The van der Waals surface area contributed by atoms with Gasteiger partial charge in [0.05, 0.1) is 11.3 Å². The molecule has 1 heterocycles. The van der Waals surface area contributed by atoms with E-state index in [0.717, 1.165) is 31.6 Å². The summed E-state index contributed by atoms with van der Waals surface area (Å²) in [6.07, 6.45) is 3.49. The van der Waals surface area contributed by atoms with E-state index in [-0.39, 0.29) is 11.3 Å². The SMILES string of the molecule is CC[C@H]1CCCN(c2cccc(F)c2C(C)=O)C1. The van der Waals surface area contributed by atoms with Gasteiger partial charge >= 0.3 is 0 Å². The predicted octanol–water partition coefficient (Wildman–Crippen LogP) is 3.65. The minimum absolute atomic E-state index is 0.193. The Labute approximate surface area is 108 Å². The molecule has 0 amide bonds. The Bertz CT molecular complexity index is 444. The lowest BCUT2D eigenvalue weighted by Crippen LogP contribution is -2.36. The molecule has 0 aromatic heterocycles. The fourth-order valence-electron chi connectivity index (χ4n) is 2.74. The van der Waals surface area contributed by atoms with E-state index >= 15 is 0 Å². The average Bonchev–Trinajstić information content (AvgIpc) is 2.38. The molecule has 1 fully saturated rings. The van der Waals surface area contributed by atoms with Crippen LogP contribution in [0, 0.1) is 11.7 Å². The van der Waals surface area contributed by atoms with E-state index in [1.165, 1.54) is 19.4 Å². The largest absolute Gasteiger partial charge is 0.371 e. The van der Waals surface area contributed by atoms with Crippen molar-refractivity contribution in [3.8, 4) is 0 Å². The van der Waals surface area contributed by atoms with Crippen molar-refractivity contribution >= 4 is 11.5 Å². The first-order valence-corrected chi connectivity index (χ1v) is 6.68. The van der Waals surface area contributed by atoms with Crippen molar-refractivity contribution < 1.29 is 9.18 Å². The van der Waals surface area contributed by atoms with Crippen LogP contribution in [-0.4, -0.2) is 18.9 Å². The number of benzene rings is 1. The number of hydrogen-bond donors (Lipinski definition) is 0. The number of Topliss-reactive ketones (excluding diaryl/α,β-unsaturated/α-hetero) is 1. The summed E-state index contributed by atoms with van der Waals surface area (Å²) in [6.45, 7) is 5.47. The van der Waals surface area contributed by atoms with Crippen molar-refractivity contribution in [2.75, 3.05) is 18.0 Å². The highest BCUT2D eigenvalue weighted by Gasteiger charge is 2.23. The van der Waals surface area contributed by atoms with Crippen LogP contribution in [0.3, 0.4) is 0 Å². The number of hydrogen-bond acceptors (Lipinski definition) is 2. The molecule has 98 valence electrons. The standard InChI is InChI=1S/C15H20FNO/c1-3-12-6-5-9-17(10-12)14-8-4-7-13(16)15(14)11(2)18/h4,7-8,12H,3,5-6,9-10H2,1-2H3/t12-/m0/s1. The second-order valence-electron chi connectivity index (χ2n) is 5.05. The van der Waals surface area contributed by atoms with Gasteiger partial charge in [0.1, 0.15) is 5.82 Å². The monoisotopic (exact) mass is 249 g/mol. The van der Waals surface area contributed by atoms with Crippen LogP contribution in [0.5, 0.6) is 0 Å². The molecule has 1 aliphatic rings. The molecule has 1 aromatic rings. The first kappa shape index (κ1) is 13.1. The lowest BCUT2D eigenvalue weighted by molar-refractivity contribution is 0.101. The minimum atomic E-state index is -0.404. The van der Waals surface area contributed by atoms with Gasteiger partial charge < -0.3 is 4.90 Å². The summed E-state index contributed by atoms with van der Waals surface area (Å²) in [5.41, 5.74) is 1.01. The molecule has 0 bridgehead atoms. The van der Waals surface area contributed by atoms with Crippen molar-refractivity contribution in [3.05, 3.63) is 29.6 Å². The van der Waals surface area contributed by atoms with Gasteiger partial charge in [0.25, 0.3) is 0 Å². The van der Waals surface area contributed by atoms with Crippen molar-refractivity contribution in [2.45, 2.75) is 33.1 Å². The maximum absolute atomic E-state index is 13.8. The van der Waals surface area contributed by atoms with E-state index in [1.807, 2.05) is 6.07 Å². The van der Waals surface area contributed by atoms with Gasteiger partial charge in [-0.15, -0.1) is 0 Å². The van der Waals surface area contributed by atoms with Gasteiger partial charge in [0, 0.05) is 13.1 Å². The molecule has 1 aliphatic heterocycles. The molecule has 0 N–H and O–H groups in total. The van der Waals surface area contributed by atoms with Gasteiger partial charge in [-0.2, -0.15) is 0 Å². The second-order valence-corrected chi connectivity index (χ2v) is 5.05. The molecule has 0 radical (unpaired) electrons. The van der Waals surface area contributed by atoms with E-state index in [9.17, 15) is 9.18 Å². The van der Waals surface area contributed by atoms with Gasteiger partial charge in [0.15, 0.2) is 5.78 Å². The third-order valence-electron chi connectivity index (χ3n) is 3.78. The molecule has 18 heavy (non-hydrogen) atoms. The fourth-order valence-corrected chi connectivity index (χ4v) is 2.74. The summed E-state index contributed by atoms with van der Waals surface area (Å²) in [5, 5.41) is 0. The van der Waals surface area contributed by atoms with Crippen LogP contribution in [0.1, 0.15) is 43.5 Å². The molecule has 0 aliphatic carbocycles. The number of halogens is 1. The molecule has 1 saturated heterocycles. The molecule has 1 atom stereocenters. The Balaban J connectivity index is 2.32. The smallest absolute Gasteiger partial charge is 0.164 e. The highest BCUT2D eigenvalue weighted by molar-refractivity contribution is 6.00. The number of carbonyl (C=O) groups is 1. The summed E-state index contributed by atoms with van der Waals surface area (Å²) in [5.74, 6) is 0.0576. The Hall–Kier alpha value is -1.38. The molecule has 2 nitrogen and oxygen atoms in total. The number of ketones is 1. The average molecular weight is 249 g/mol. The third-order valence-corrected chi connectivity index (χ3v) is 3.78. The van der Waals surface area contributed by atoms with Crippen LogP contribution in [0.4, 0.5) is 10.1 Å². The maximum atomic E-state index is 13.8. The highest BCUT2D eigenvalue weighted by atomic mass is 19.1. The van der Waals surface area contributed by atoms with Gasteiger partial charge in [-0.3, -0.25) is 4.79 Å². The molecule has 3 heteroatoms. The van der Waals surface area contributed by atoms with Gasteiger partial charge in [0.2, 0.25) is 0 Å². The molecule has 0 unspecified atom stereocenters. The van der Waals surface area contributed by atoms with Crippen LogP contribution in [0.15, 0.2) is 18.2 Å². The Kier molecular flexibility index (Phi) is 4.00. The molecular formula is C15H20FNO. The summed E-state index contributed by atoms with van der Waals surface area (Å²) < 4.78 is 13.8. The number of carbonyl (C=O) groups excluding carboxylic acids is 1. The minimum Gasteiger partial charge on any atom is -0.371 e.